The van der Waals surface area contributed by atoms with Gasteiger partial charge in [0.2, 0.25) is 0 Å². The SMILES string of the molecule is C/C=C/CO[SiH](OC)OC. The molecule has 0 radical (unpaired) electrons. The van der Waals surface area contributed by atoms with E-state index in [1.165, 1.54) is 0 Å². The van der Waals surface area contributed by atoms with Gasteiger partial charge in [-0.2, -0.15) is 0 Å². The van der Waals surface area contributed by atoms with Crippen LogP contribution >= 0.6 is 0 Å². The van der Waals surface area contributed by atoms with Crippen molar-refractivity contribution in [3.63, 3.8) is 0 Å². The molecule has 0 amide bonds. The first-order valence-corrected chi connectivity index (χ1v) is 4.55. The lowest BCUT2D eigenvalue weighted by Gasteiger charge is -2.08. The van der Waals surface area contributed by atoms with Gasteiger partial charge in [-0.25, -0.2) is 0 Å². The van der Waals surface area contributed by atoms with Crippen molar-refractivity contribution in [2.45, 2.75) is 6.92 Å². The van der Waals surface area contributed by atoms with E-state index in [0.29, 0.717) is 6.61 Å². The van der Waals surface area contributed by atoms with Crippen LogP contribution in [-0.4, -0.2) is 30.4 Å². The van der Waals surface area contributed by atoms with E-state index in [1.54, 1.807) is 14.2 Å². The van der Waals surface area contributed by atoms with E-state index in [4.69, 9.17) is 13.3 Å². The molecule has 0 saturated carbocycles. The molecule has 0 saturated heterocycles. The summed E-state index contributed by atoms with van der Waals surface area (Å²) in [7, 11) is 1.41. The smallest absolute Gasteiger partial charge is 0.379 e. The van der Waals surface area contributed by atoms with Gasteiger partial charge in [-0.1, -0.05) is 12.2 Å². The Kier molecular flexibility index (Phi) is 6.84. The molecule has 0 aliphatic rings. The zero-order valence-corrected chi connectivity index (χ0v) is 7.82. The van der Waals surface area contributed by atoms with Crippen LogP contribution in [0.15, 0.2) is 12.2 Å². The van der Waals surface area contributed by atoms with Crippen LogP contribution in [0.1, 0.15) is 6.92 Å². The van der Waals surface area contributed by atoms with Crippen LogP contribution in [0.2, 0.25) is 0 Å². The van der Waals surface area contributed by atoms with E-state index in [-0.39, 0.29) is 0 Å². The summed E-state index contributed by atoms with van der Waals surface area (Å²) >= 11 is 0. The lowest BCUT2D eigenvalue weighted by molar-refractivity contribution is 0.148. The molecule has 0 aromatic carbocycles. The average molecular weight is 162 g/mol. The molecule has 0 spiro atoms. The first-order chi connectivity index (χ1) is 4.85. The van der Waals surface area contributed by atoms with Crippen molar-refractivity contribution in [3.05, 3.63) is 12.2 Å². The number of hydrogen-bond acceptors (Lipinski definition) is 3. The first-order valence-electron chi connectivity index (χ1n) is 3.13. The van der Waals surface area contributed by atoms with Crippen molar-refractivity contribution in [2.24, 2.45) is 0 Å². The normalized spacial score (nSPS) is 11.6. The molecule has 0 rings (SSSR count). The van der Waals surface area contributed by atoms with Crippen molar-refractivity contribution in [3.8, 4) is 0 Å². The van der Waals surface area contributed by atoms with Crippen molar-refractivity contribution < 1.29 is 13.3 Å². The van der Waals surface area contributed by atoms with Gasteiger partial charge in [0.1, 0.15) is 0 Å². The minimum absolute atomic E-state index is 0.578. The zero-order chi connectivity index (χ0) is 7.82. The van der Waals surface area contributed by atoms with Crippen LogP contribution in [0.3, 0.4) is 0 Å². The van der Waals surface area contributed by atoms with E-state index in [9.17, 15) is 0 Å². The summed E-state index contributed by atoms with van der Waals surface area (Å²) in [4.78, 5) is 0. The lowest BCUT2D eigenvalue weighted by Crippen LogP contribution is -2.23. The van der Waals surface area contributed by atoms with Gasteiger partial charge in [0.25, 0.3) is 0 Å². The Morgan fingerprint density at radius 3 is 2.30 bits per heavy atom. The molecule has 4 heteroatoms. The standard InChI is InChI=1S/C6H14O3Si/c1-4-5-6-9-10(7-2)8-3/h4-5,10H,6H2,1-3H3/b5-4+. The summed E-state index contributed by atoms with van der Waals surface area (Å²) in [5.41, 5.74) is 0. The van der Waals surface area contributed by atoms with Gasteiger partial charge >= 0.3 is 9.53 Å². The topological polar surface area (TPSA) is 27.7 Å². The Labute approximate surface area is 63.6 Å². The van der Waals surface area contributed by atoms with Gasteiger partial charge in [-0.3, -0.25) is 0 Å². The molecule has 0 heterocycles. The molecule has 0 aromatic rings. The van der Waals surface area contributed by atoms with Gasteiger partial charge in [0.05, 0.1) is 6.61 Å². The second kappa shape index (κ2) is 6.95. The van der Waals surface area contributed by atoms with Gasteiger partial charge in [-0.05, 0) is 6.92 Å². The molecule has 0 aliphatic heterocycles. The second-order valence-electron chi connectivity index (χ2n) is 1.66. The molecule has 0 N–H and O–H groups in total. The van der Waals surface area contributed by atoms with Crippen LogP contribution in [0.25, 0.3) is 0 Å². The minimum atomic E-state index is -1.77. The summed E-state index contributed by atoms with van der Waals surface area (Å²) in [6.07, 6.45) is 3.84. The Morgan fingerprint density at radius 2 is 1.90 bits per heavy atom. The Morgan fingerprint density at radius 1 is 1.30 bits per heavy atom. The molecule has 10 heavy (non-hydrogen) atoms. The zero-order valence-electron chi connectivity index (χ0n) is 6.66. The summed E-state index contributed by atoms with van der Waals surface area (Å²) < 4.78 is 15.0. The fourth-order valence-electron chi connectivity index (χ4n) is 0.463. The van der Waals surface area contributed by atoms with Crippen LogP contribution in [0.5, 0.6) is 0 Å². The molecule has 60 valence electrons. The third-order valence-electron chi connectivity index (χ3n) is 0.949. The van der Waals surface area contributed by atoms with E-state index in [0.717, 1.165) is 0 Å². The summed E-state index contributed by atoms with van der Waals surface area (Å²) in [6, 6.07) is 0. The highest BCUT2D eigenvalue weighted by Gasteiger charge is 2.07. The quantitative estimate of drug-likeness (QED) is 0.437. The maximum atomic E-state index is 5.19. The van der Waals surface area contributed by atoms with Gasteiger partial charge < -0.3 is 13.3 Å². The van der Waals surface area contributed by atoms with E-state index in [1.807, 2.05) is 19.1 Å². The maximum absolute atomic E-state index is 5.19. The van der Waals surface area contributed by atoms with Crippen molar-refractivity contribution in [1.82, 2.24) is 0 Å². The first kappa shape index (κ1) is 9.84. The Balaban J connectivity index is 3.25. The number of allylic oxidation sites excluding steroid dienone is 1. The highest BCUT2D eigenvalue weighted by atomic mass is 28.3. The van der Waals surface area contributed by atoms with Gasteiger partial charge in [0, 0.05) is 14.2 Å². The molecule has 3 nitrogen and oxygen atoms in total. The van der Waals surface area contributed by atoms with E-state index >= 15 is 0 Å². The largest absolute Gasteiger partial charge is 0.483 e. The number of hydrogen-bond donors (Lipinski definition) is 0. The molecule has 0 unspecified atom stereocenters. The van der Waals surface area contributed by atoms with Crippen molar-refractivity contribution in [2.75, 3.05) is 20.8 Å². The van der Waals surface area contributed by atoms with Crippen LogP contribution < -0.4 is 0 Å². The predicted molar refractivity (Wildman–Crippen MR) is 41.9 cm³/mol. The molecule has 0 bridgehead atoms. The van der Waals surface area contributed by atoms with Crippen molar-refractivity contribution in [1.29, 1.82) is 0 Å². The minimum Gasteiger partial charge on any atom is -0.379 e. The highest BCUT2D eigenvalue weighted by molar-refractivity contribution is 6.36. The maximum Gasteiger partial charge on any atom is 0.483 e. The average Bonchev–Trinajstić information content (AvgIpc) is 1.99. The second-order valence-corrected chi connectivity index (χ2v) is 3.52. The Hall–Kier alpha value is -0.163. The Bertz CT molecular complexity index is 91.0. The lowest BCUT2D eigenvalue weighted by atomic mass is 10.6. The summed E-state index contributed by atoms with van der Waals surface area (Å²) in [5, 5.41) is 0. The van der Waals surface area contributed by atoms with Crippen LogP contribution in [-0.2, 0) is 13.3 Å². The molecule has 0 fully saturated rings. The van der Waals surface area contributed by atoms with E-state index < -0.39 is 9.53 Å². The third kappa shape index (κ3) is 4.69. The molecule has 0 aliphatic carbocycles. The summed E-state index contributed by atoms with van der Waals surface area (Å²) in [6.45, 7) is 2.52. The van der Waals surface area contributed by atoms with Crippen molar-refractivity contribution >= 4 is 9.53 Å². The fourth-order valence-corrected chi connectivity index (χ4v) is 1.20. The highest BCUT2D eigenvalue weighted by Crippen LogP contribution is 1.87. The summed E-state index contributed by atoms with van der Waals surface area (Å²) in [5.74, 6) is 0. The fraction of sp³-hybridized carbons (Fsp3) is 0.667. The molecular weight excluding hydrogens is 148 g/mol. The van der Waals surface area contributed by atoms with Gasteiger partial charge in [0.15, 0.2) is 0 Å². The van der Waals surface area contributed by atoms with E-state index in [2.05, 4.69) is 0 Å². The van der Waals surface area contributed by atoms with Crippen LogP contribution in [0.4, 0.5) is 0 Å². The third-order valence-corrected chi connectivity index (χ3v) is 2.18. The molecular formula is C6H14O3Si. The molecule has 0 atom stereocenters. The molecule has 0 aromatic heterocycles. The number of rotatable bonds is 5. The van der Waals surface area contributed by atoms with Gasteiger partial charge in [-0.15, -0.1) is 0 Å². The predicted octanol–water partition coefficient (Wildman–Crippen LogP) is 0.589. The van der Waals surface area contributed by atoms with Crippen LogP contribution in [0, 0.1) is 0 Å². The monoisotopic (exact) mass is 162 g/mol.